The first-order valence-electron chi connectivity index (χ1n) is 26.3. The number of benzene rings is 3. The van der Waals surface area contributed by atoms with Gasteiger partial charge < -0.3 is 38.8 Å². The first kappa shape index (κ1) is 50.7. The summed E-state index contributed by atoms with van der Waals surface area (Å²) in [6.45, 7) is 13.3. The van der Waals surface area contributed by atoms with Crippen molar-refractivity contribution in [3.05, 3.63) is 117 Å². The van der Waals surface area contributed by atoms with Crippen LogP contribution in [0.1, 0.15) is 81.2 Å². The first-order valence-corrected chi connectivity index (χ1v) is 26.3. The standard InChI is InChI=1S/C59H55F3N8O8/c1-7-37-39-21-36(12-14-46(39)64-50-42(37)27-70-47(50)22-44-43(55(70)73)28-76-56(74)59(44,75)9-3)78-32(6)31(5)54(72)67-17-18-69(30(4)25-67)53-41-24-63-51(40-20-35(71)19-33-11-13-45(61)38(8-2)48(33)40)49(62)52(41)65-57(66-53)77-29-58-15-10-16-68(58)26-34(60)23-58/h2,11-14,19-22,24,30,32,34,71,75H,5,7,9-10,15-18,23,25-29H2,1,3-4,6H3. The maximum atomic E-state index is 17.4. The topological polar surface area (TPSA) is 186 Å². The Kier molecular flexibility index (Phi) is 12.2. The fraction of sp³-hybridized carbons (Fsp3) is 0.373. The molecule has 9 heterocycles. The molecule has 5 aliphatic heterocycles. The van der Waals surface area contributed by atoms with Crippen molar-refractivity contribution in [1.82, 2.24) is 34.3 Å². The summed E-state index contributed by atoms with van der Waals surface area (Å²) in [5.41, 5.74) is 0.941. The number of pyridine rings is 3. The Morgan fingerprint density at radius 2 is 1.85 bits per heavy atom. The zero-order chi connectivity index (χ0) is 54.7. The number of aromatic hydroxyl groups is 1. The summed E-state index contributed by atoms with van der Waals surface area (Å²) in [6, 6.07) is 11.9. The van der Waals surface area contributed by atoms with Crippen molar-refractivity contribution < 1.29 is 47.2 Å². The molecule has 7 aromatic rings. The van der Waals surface area contributed by atoms with Crippen LogP contribution in [0.5, 0.6) is 17.5 Å². The third kappa shape index (κ3) is 7.92. The number of anilines is 1. The fourth-order valence-electron chi connectivity index (χ4n) is 12.6. The van der Waals surface area contributed by atoms with Crippen LogP contribution in [-0.2, 0) is 39.5 Å². The van der Waals surface area contributed by atoms with E-state index in [4.69, 9.17) is 30.6 Å². The summed E-state index contributed by atoms with van der Waals surface area (Å²) in [6.07, 6.45) is 7.92. The molecule has 19 heteroatoms. The van der Waals surface area contributed by atoms with Crippen molar-refractivity contribution >= 4 is 50.3 Å². The predicted molar refractivity (Wildman–Crippen MR) is 285 cm³/mol. The van der Waals surface area contributed by atoms with Crippen molar-refractivity contribution in [2.24, 2.45) is 0 Å². The smallest absolute Gasteiger partial charge is 0.343 e. The van der Waals surface area contributed by atoms with Gasteiger partial charge in [-0.1, -0.05) is 32.4 Å². The number of carbonyl (C=O) groups excluding carboxylic acids is 2. The number of aliphatic hydroxyl groups is 1. The second-order valence-corrected chi connectivity index (χ2v) is 21.2. The summed E-state index contributed by atoms with van der Waals surface area (Å²) < 4.78 is 67.0. The highest BCUT2D eigenvalue weighted by Gasteiger charge is 2.50. The molecule has 1 amide bonds. The van der Waals surface area contributed by atoms with Gasteiger partial charge >= 0.3 is 12.0 Å². The molecule has 4 aromatic heterocycles. The molecule has 5 aliphatic rings. The lowest BCUT2D eigenvalue weighted by molar-refractivity contribution is -0.172. The van der Waals surface area contributed by atoms with Crippen LogP contribution >= 0.6 is 0 Å². The van der Waals surface area contributed by atoms with E-state index in [-0.39, 0.29) is 125 Å². The highest BCUT2D eigenvalue weighted by Crippen LogP contribution is 2.44. The normalized spacial score (nSPS) is 22.0. The van der Waals surface area contributed by atoms with Crippen LogP contribution in [0.15, 0.2) is 71.7 Å². The van der Waals surface area contributed by atoms with Gasteiger partial charge in [0.15, 0.2) is 11.4 Å². The number of aryl methyl sites for hydroxylation is 1. The van der Waals surface area contributed by atoms with Crippen molar-refractivity contribution in [3.63, 3.8) is 0 Å². The fourth-order valence-corrected chi connectivity index (χ4v) is 12.6. The van der Waals surface area contributed by atoms with Gasteiger partial charge in [0, 0.05) is 77.9 Å². The largest absolute Gasteiger partial charge is 0.508 e. The molecule has 5 unspecified atom stereocenters. The molecule has 0 spiro atoms. The summed E-state index contributed by atoms with van der Waals surface area (Å²) in [7, 11) is 0. The van der Waals surface area contributed by atoms with Gasteiger partial charge in [0.25, 0.3) is 11.5 Å². The number of rotatable bonds is 11. The highest BCUT2D eigenvalue weighted by molar-refractivity contribution is 6.03. The second kappa shape index (κ2) is 18.8. The molecular weight excluding hydrogens is 1010 g/mol. The number of phenols is 1. The minimum atomic E-state index is -1.94. The predicted octanol–water partition coefficient (Wildman–Crippen LogP) is 7.78. The van der Waals surface area contributed by atoms with Crippen LogP contribution in [0.4, 0.5) is 19.0 Å². The average Bonchev–Trinajstić information content (AvgIpc) is 4.27. The number of amides is 1. The van der Waals surface area contributed by atoms with Gasteiger partial charge in [-0.05, 0) is 99.5 Å². The summed E-state index contributed by atoms with van der Waals surface area (Å²) >= 11 is 0. The average molecular weight is 1060 g/mol. The molecule has 0 bridgehead atoms. The molecule has 78 heavy (non-hydrogen) atoms. The van der Waals surface area contributed by atoms with E-state index in [1.807, 2.05) is 30.9 Å². The maximum Gasteiger partial charge on any atom is 0.343 e. The van der Waals surface area contributed by atoms with Gasteiger partial charge in [0.05, 0.1) is 45.5 Å². The Balaban J connectivity index is 0.806. The third-order valence-electron chi connectivity index (χ3n) is 16.7. The summed E-state index contributed by atoms with van der Waals surface area (Å²) in [5.74, 6) is 0.213. The van der Waals surface area contributed by atoms with Crippen molar-refractivity contribution in [3.8, 4) is 52.5 Å². The maximum absolute atomic E-state index is 17.4. The lowest BCUT2D eigenvalue weighted by Gasteiger charge is -2.41. The second-order valence-electron chi connectivity index (χ2n) is 21.2. The number of nitrogens with zero attached hydrogens (tertiary/aromatic N) is 8. The number of aromatic nitrogens is 5. The van der Waals surface area contributed by atoms with E-state index in [0.717, 1.165) is 35.9 Å². The molecule has 0 aliphatic carbocycles. The number of phenolic OH excluding ortho intramolecular Hbond substituents is 1. The molecule has 3 fully saturated rings. The molecule has 3 saturated heterocycles. The van der Waals surface area contributed by atoms with Gasteiger partial charge in [-0.3, -0.25) is 19.5 Å². The van der Waals surface area contributed by atoms with Crippen molar-refractivity contribution in [1.29, 1.82) is 0 Å². The van der Waals surface area contributed by atoms with Crippen LogP contribution in [0.25, 0.3) is 55.2 Å². The number of carbonyl (C=O) groups is 2. The number of hydrogen-bond acceptors (Lipinski definition) is 14. The number of cyclic esters (lactones) is 1. The van der Waals surface area contributed by atoms with Crippen LogP contribution in [-0.4, -0.2) is 120 Å². The van der Waals surface area contributed by atoms with Gasteiger partial charge in [0.2, 0.25) is 0 Å². The Hall–Kier alpha value is -8.08. The first-order chi connectivity index (χ1) is 37.4. The van der Waals surface area contributed by atoms with E-state index in [1.54, 1.807) is 35.4 Å². The Bertz CT molecular complexity index is 3860. The minimum Gasteiger partial charge on any atom is -0.508 e. The summed E-state index contributed by atoms with van der Waals surface area (Å²) in [4.78, 5) is 65.6. The summed E-state index contributed by atoms with van der Waals surface area (Å²) in [5, 5.41) is 23.7. The quantitative estimate of drug-likeness (QED) is 0.0727. The SMILES string of the molecule is C#Cc1c(F)ccc2cc(O)cc(-c3ncc4c(N5CCN(C(=O)C(=C)C(C)Oc6ccc7nc8c(c(CC)c7c6)Cn6c-8cc7c(c6=O)COC(=O)C7(O)CC)CC5C)nc(OCC56CCCN5CC(F)C6)nc4c3F)c12. The van der Waals surface area contributed by atoms with E-state index in [2.05, 4.69) is 27.4 Å². The lowest BCUT2D eigenvalue weighted by Crippen LogP contribution is -2.55. The molecular formula is C59H55F3N8O8. The number of hydrogen-bond donors (Lipinski definition) is 2. The van der Waals surface area contributed by atoms with Gasteiger partial charge in [-0.15, -0.1) is 6.42 Å². The number of esters is 1. The van der Waals surface area contributed by atoms with Crippen LogP contribution < -0.4 is 19.9 Å². The van der Waals surface area contributed by atoms with Crippen LogP contribution in [0.3, 0.4) is 0 Å². The number of ether oxygens (including phenoxy) is 3. The van der Waals surface area contributed by atoms with Gasteiger partial charge in [0.1, 0.15) is 59.8 Å². The molecule has 400 valence electrons. The number of alkyl halides is 1. The third-order valence-corrected chi connectivity index (χ3v) is 16.7. The zero-order valence-electron chi connectivity index (χ0n) is 43.5. The molecule has 16 nitrogen and oxygen atoms in total. The van der Waals surface area contributed by atoms with E-state index >= 15 is 8.78 Å². The zero-order valence-corrected chi connectivity index (χ0v) is 43.5. The monoisotopic (exact) mass is 1060 g/mol. The molecule has 12 rings (SSSR count). The van der Waals surface area contributed by atoms with E-state index in [0.29, 0.717) is 46.8 Å². The molecule has 3 aromatic carbocycles. The van der Waals surface area contributed by atoms with Gasteiger partial charge in [-0.2, -0.15) is 9.97 Å². The number of piperazine rings is 1. The van der Waals surface area contributed by atoms with E-state index in [9.17, 15) is 29.0 Å². The number of fused-ring (bicyclic) bond motifs is 8. The molecule has 0 radical (unpaired) electrons. The Labute approximate surface area is 446 Å². The molecule has 2 N–H and O–H groups in total. The van der Waals surface area contributed by atoms with E-state index < -0.39 is 47.1 Å². The molecule has 5 atom stereocenters. The van der Waals surface area contributed by atoms with E-state index in [1.165, 1.54) is 30.5 Å². The number of terminal acetylenes is 1. The Morgan fingerprint density at radius 1 is 1.03 bits per heavy atom. The van der Waals surface area contributed by atoms with Gasteiger partial charge in [-0.25, -0.2) is 22.9 Å². The molecule has 0 saturated carbocycles. The highest BCUT2D eigenvalue weighted by atomic mass is 19.1. The van der Waals surface area contributed by atoms with Crippen molar-refractivity contribution in [2.45, 2.75) is 102 Å². The van der Waals surface area contributed by atoms with Crippen LogP contribution in [0, 0.1) is 24.0 Å². The lowest BCUT2D eigenvalue weighted by atomic mass is 9.86. The number of halogens is 3. The van der Waals surface area contributed by atoms with Crippen molar-refractivity contribution in [2.75, 3.05) is 44.2 Å². The minimum absolute atomic E-state index is 0.0348. The van der Waals surface area contributed by atoms with Crippen LogP contribution in [0.2, 0.25) is 0 Å². The Morgan fingerprint density at radius 3 is 2.62 bits per heavy atom.